The highest BCUT2D eigenvalue weighted by Crippen LogP contribution is 2.16. The van der Waals surface area contributed by atoms with Crippen molar-refractivity contribution in [2.24, 2.45) is 0 Å². The zero-order valence-corrected chi connectivity index (χ0v) is 18.8. The van der Waals surface area contributed by atoms with Crippen LogP contribution in [-0.4, -0.2) is 49.6 Å². The predicted octanol–water partition coefficient (Wildman–Crippen LogP) is 3.29. The molecule has 0 saturated carbocycles. The fraction of sp³-hybridized carbons (Fsp3) is 0.222. The highest BCUT2D eigenvalue weighted by molar-refractivity contribution is 5.98. The number of ether oxygens (including phenoxy) is 2. The van der Waals surface area contributed by atoms with Crippen LogP contribution in [0.1, 0.15) is 16.7 Å². The molecule has 6 nitrogen and oxygen atoms in total. The van der Waals surface area contributed by atoms with Crippen LogP contribution in [-0.2, 0) is 30.3 Å². The van der Waals surface area contributed by atoms with Gasteiger partial charge in [-0.05, 0) is 35.4 Å². The first-order valence-electron chi connectivity index (χ1n) is 10.4. The van der Waals surface area contributed by atoms with E-state index in [4.69, 9.17) is 9.47 Å². The lowest BCUT2D eigenvalue weighted by Gasteiger charge is -2.27. The molecule has 0 N–H and O–H groups in total. The van der Waals surface area contributed by atoms with E-state index in [1.807, 2.05) is 73.7 Å². The molecule has 0 aliphatic rings. The molecule has 6 heteroatoms. The van der Waals surface area contributed by atoms with E-state index in [1.54, 1.807) is 0 Å². The molecule has 1 amide bonds. The summed E-state index contributed by atoms with van der Waals surface area (Å²) in [6, 6.07) is 20.0. The van der Waals surface area contributed by atoms with Gasteiger partial charge in [-0.3, -0.25) is 9.59 Å². The molecule has 168 valence electrons. The molecule has 0 fully saturated rings. The topological polar surface area (TPSA) is 72.9 Å². The Morgan fingerprint density at radius 2 is 1.61 bits per heavy atom. The van der Waals surface area contributed by atoms with E-state index in [-0.39, 0.29) is 6.42 Å². The fourth-order valence-corrected chi connectivity index (χ4v) is 3.40. The molecule has 0 radical (unpaired) electrons. The minimum atomic E-state index is -1.03. The van der Waals surface area contributed by atoms with Gasteiger partial charge in [-0.2, -0.15) is 0 Å². The van der Waals surface area contributed by atoms with E-state index >= 15 is 0 Å². The van der Waals surface area contributed by atoms with Gasteiger partial charge in [-0.15, -0.1) is 0 Å². The molecule has 0 aliphatic heterocycles. The number of nitrogens with zero attached hydrogens (tertiary/aromatic N) is 1. The Bertz CT molecular complexity index is 1220. The Labute approximate surface area is 193 Å². The summed E-state index contributed by atoms with van der Waals surface area (Å²) in [5, 5.41) is 2.06. The van der Waals surface area contributed by atoms with Gasteiger partial charge in [0.2, 0.25) is 0 Å². The van der Waals surface area contributed by atoms with E-state index < -0.39 is 30.4 Å². The van der Waals surface area contributed by atoms with Crippen LogP contribution in [0.25, 0.3) is 10.8 Å². The molecule has 1 unspecified atom stereocenters. The Morgan fingerprint density at radius 1 is 0.909 bits per heavy atom. The van der Waals surface area contributed by atoms with Crippen molar-refractivity contribution < 1.29 is 23.9 Å². The van der Waals surface area contributed by atoms with Crippen molar-refractivity contribution in [1.82, 2.24) is 4.90 Å². The van der Waals surface area contributed by atoms with Crippen molar-refractivity contribution in [2.45, 2.75) is 19.4 Å². The SMILES string of the molecule is COC(=O)CN(C(=O)C#Cc1ccc2ccccc2c1)C(Cc1ccc(C)cc1)C(=O)OC. The van der Waals surface area contributed by atoms with Gasteiger partial charge in [0.25, 0.3) is 5.91 Å². The van der Waals surface area contributed by atoms with E-state index in [2.05, 4.69) is 11.8 Å². The number of esters is 2. The van der Waals surface area contributed by atoms with Crippen LogP contribution in [0.4, 0.5) is 0 Å². The van der Waals surface area contributed by atoms with Gasteiger partial charge in [0.05, 0.1) is 14.2 Å². The van der Waals surface area contributed by atoms with Crippen molar-refractivity contribution in [2.75, 3.05) is 20.8 Å². The third kappa shape index (κ3) is 6.20. The lowest BCUT2D eigenvalue weighted by Crippen LogP contribution is -2.49. The van der Waals surface area contributed by atoms with Gasteiger partial charge in [0.1, 0.15) is 12.6 Å². The summed E-state index contributed by atoms with van der Waals surface area (Å²) in [5.74, 6) is 3.45. The van der Waals surface area contributed by atoms with Crippen molar-refractivity contribution in [3.63, 3.8) is 0 Å². The van der Waals surface area contributed by atoms with Gasteiger partial charge < -0.3 is 14.4 Å². The number of hydrogen-bond acceptors (Lipinski definition) is 5. The predicted molar refractivity (Wildman–Crippen MR) is 125 cm³/mol. The molecule has 3 aromatic rings. The van der Waals surface area contributed by atoms with Crippen LogP contribution in [0.5, 0.6) is 0 Å². The molecule has 0 saturated heterocycles. The van der Waals surface area contributed by atoms with Gasteiger partial charge in [0, 0.05) is 17.9 Å². The van der Waals surface area contributed by atoms with Crippen LogP contribution in [0.2, 0.25) is 0 Å². The van der Waals surface area contributed by atoms with Crippen LogP contribution in [0, 0.1) is 18.8 Å². The van der Waals surface area contributed by atoms with Crippen LogP contribution in [0.15, 0.2) is 66.7 Å². The molecule has 3 aromatic carbocycles. The molecule has 1 atom stereocenters. The number of aryl methyl sites for hydroxylation is 1. The zero-order chi connectivity index (χ0) is 23.8. The monoisotopic (exact) mass is 443 g/mol. The maximum absolute atomic E-state index is 13.1. The van der Waals surface area contributed by atoms with Gasteiger partial charge in [0.15, 0.2) is 0 Å². The lowest BCUT2D eigenvalue weighted by atomic mass is 10.0. The van der Waals surface area contributed by atoms with E-state index in [0.717, 1.165) is 26.8 Å². The normalized spacial score (nSPS) is 11.1. The summed E-state index contributed by atoms with van der Waals surface area (Å²) in [6.45, 7) is 1.53. The molecule has 0 aromatic heterocycles. The molecular weight excluding hydrogens is 418 g/mol. The number of fused-ring (bicyclic) bond motifs is 1. The Hall–Kier alpha value is -4.11. The number of hydrogen-bond donors (Lipinski definition) is 0. The molecule has 0 heterocycles. The Morgan fingerprint density at radius 3 is 2.27 bits per heavy atom. The zero-order valence-electron chi connectivity index (χ0n) is 18.8. The number of carbonyl (C=O) groups excluding carboxylic acids is 3. The minimum absolute atomic E-state index is 0.174. The van der Waals surface area contributed by atoms with Crippen LogP contribution < -0.4 is 0 Å². The standard InChI is InChI=1S/C27H25NO5/c1-19-8-10-21(11-9-19)17-24(27(31)33-3)28(18-26(30)32-2)25(29)15-13-20-12-14-22-6-4-5-7-23(22)16-20/h4-12,14,16,24H,17-18H2,1-3H3. The summed E-state index contributed by atoms with van der Waals surface area (Å²) in [6.07, 6.45) is 0.174. The highest BCUT2D eigenvalue weighted by Gasteiger charge is 2.32. The maximum Gasteiger partial charge on any atom is 0.328 e. The third-order valence-corrected chi connectivity index (χ3v) is 5.25. The molecule has 0 aliphatic carbocycles. The summed E-state index contributed by atoms with van der Waals surface area (Å²) < 4.78 is 9.67. The minimum Gasteiger partial charge on any atom is -0.468 e. The summed E-state index contributed by atoms with van der Waals surface area (Å²) in [5.41, 5.74) is 2.53. The molecule has 0 bridgehead atoms. The van der Waals surface area contributed by atoms with Gasteiger partial charge in [-0.1, -0.05) is 66.1 Å². The second-order valence-corrected chi connectivity index (χ2v) is 7.55. The number of carbonyl (C=O) groups is 3. The Balaban J connectivity index is 1.92. The average molecular weight is 443 g/mol. The van der Waals surface area contributed by atoms with Crippen molar-refractivity contribution >= 4 is 28.6 Å². The number of benzene rings is 3. The van der Waals surface area contributed by atoms with E-state index in [1.165, 1.54) is 14.2 Å². The lowest BCUT2D eigenvalue weighted by molar-refractivity contribution is -0.155. The van der Waals surface area contributed by atoms with Crippen LogP contribution >= 0.6 is 0 Å². The molecule has 33 heavy (non-hydrogen) atoms. The first kappa shape index (κ1) is 23.6. The summed E-state index contributed by atoms with van der Waals surface area (Å²) in [7, 11) is 2.46. The number of amides is 1. The quantitative estimate of drug-likeness (QED) is 0.432. The molecule has 3 rings (SSSR count). The second kappa shape index (κ2) is 11.0. The highest BCUT2D eigenvalue weighted by atomic mass is 16.5. The van der Waals surface area contributed by atoms with Crippen LogP contribution in [0.3, 0.4) is 0 Å². The fourth-order valence-electron chi connectivity index (χ4n) is 3.40. The summed E-state index contributed by atoms with van der Waals surface area (Å²) >= 11 is 0. The first-order chi connectivity index (χ1) is 15.9. The van der Waals surface area contributed by atoms with Gasteiger partial charge >= 0.3 is 11.9 Å². The largest absolute Gasteiger partial charge is 0.468 e. The number of methoxy groups -OCH3 is 2. The third-order valence-electron chi connectivity index (χ3n) is 5.25. The Kier molecular flexibility index (Phi) is 7.82. The summed E-state index contributed by atoms with van der Waals surface area (Å²) in [4.78, 5) is 38.8. The number of rotatable bonds is 6. The maximum atomic E-state index is 13.1. The molecular formula is C27H25NO5. The van der Waals surface area contributed by atoms with Gasteiger partial charge in [-0.25, -0.2) is 4.79 Å². The van der Waals surface area contributed by atoms with Crippen molar-refractivity contribution in [3.05, 3.63) is 83.4 Å². The average Bonchev–Trinajstić information content (AvgIpc) is 2.84. The second-order valence-electron chi connectivity index (χ2n) is 7.55. The van der Waals surface area contributed by atoms with E-state index in [9.17, 15) is 14.4 Å². The van der Waals surface area contributed by atoms with E-state index in [0.29, 0.717) is 5.56 Å². The van der Waals surface area contributed by atoms with Crippen molar-refractivity contribution in [1.29, 1.82) is 0 Å². The smallest absolute Gasteiger partial charge is 0.328 e. The van der Waals surface area contributed by atoms with Crippen molar-refractivity contribution in [3.8, 4) is 11.8 Å². The first-order valence-corrected chi connectivity index (χ1v) is 10.4. The molecule has 0 spiro atoms.